The van der Waals surface area contributed by atoms with E-state index < -0.39 is 6.04 Å². The lowest BCUT2D eigenvalue weighted by Gasteiger charge is -2.05. The quantitative estimate of drug-likeness (QED) is 0.492. The highest BCUT2D eigenvalue weighted by Crippen LogP contribution is 2.20. The summed E-state index contributed by atoms with van der Waals surface area (Å²) in [7, 11) is 0. The molecule has 2 aromatic rings. The number of ketones is 1. The molecular formula is C14H16N2O3. The number of rotatable bonds is 6. The number of carbonyl (C=O) groups excluding carboxylic acids is 1. The van der Waals surface area contributed by atoms with Crippen LogP contribution in [0.5, 0.6) is 0 Å². The molecule has 2 rings (SSSR count). The first kappa shape index (κ1) is 13.3. The molecule has 0 aliphatic heterocycles. The van der Waals surface area contributed by atoms with Crippen molar-refractivity contribution in [1.29, 1.82) is 0 Å². The van der Waals surface area contributed by atoms with Crippen LogP contribution in [0, 0.1) is 10.1 Å². The minimum Gasteiger partial charge on any atom is -0.360 e. The molecule has 0 saturated heterocycles. The predicted octanol–water partition coefficient (Wildman–Crippen LogP) is 3.19. The first-order valence-corrected chi connectivity index (χ1v) is 6.36. The molecule has 0 bridgehead atoms. The molecule has 0 aliphatic rings. The number of para-hydroxylation sites is 1. The second-order valence-corrected chi connectivity index (χ2v) is 4.56. The number of carbonyl (C=O) groups is 1. The van der Waals surface area contributed by atoms with Crippen molar-refractivity contribution in [3.8, 4) is 0 Å². The molecule has 0 saturated carbocycles. The van der Waals surface area contributed by atoms with E-state index in [0.29, 0.717) is 18.4 Å². The minimum atomic E-state index is -0.630. The summed E-state index contributed by atoms with van der Waals surface area (Å²) in [4.78, 5) is 25.6. The molecule has 0 radical (unpaired) electrons. The Bertz CT molecular complexity index is 604. The molecule has 1 atom stereocenters. The summed E-state index contributed by atoms with van der Waals surface area (Å²) in [5.74, 6) is -0.0437. The average molecular weight is 260 g/mol. The third-order valence-electron chi connectivity index (χ3n) is 3.36. The van der Waals surface area contributed by atoms with Gasteiger partial charge in [-0.15, -0.1) is 0 Å². The largest absolute Gasteiger partial charge is 0.360 e. The summed E-state index contributed by atoms with van der Waals surface area (Å²) in [6.45, 7) is 1.77. The molecule has 1 N–H and O–H groups in total. The van der Waals surface area contributed by atoms with Gasteiger partial charge in [0.2, 0.25) is 6.04 Å². The van der Waals surface area contributed by atoms with Crippen molar-refractivity contribution >= 4 is 16.7 Å². The second kappa shape index (κ2) is 5.65. The highest BCUT2D eigenvalue weighted by molar-refractivity contribution is 6.07. The number of nitrogens with zero attached hydrogens (tertiary/aromatic N) is 1. The van der Waals surface area contributed by atoms with E-state index in [1.54, 1.807) is 13.1 Å². The van der Waals surface area contributed by atoms with Crippen molar-refractivity contribution < 1.29 is 9.72 Å². The average Bonchev–Trinajstić information content (AvgIpc) is 2.82. The molecule has 0 amide bonds. The van der Waals surface area contributed by atoms with Crippen LogP contribution >= 0.6 is 0 Å². The number of H-pyrrole nitrogens is 1. The summed E-state index contributed by atoms with van der Waals surface area (Å²) in [6, 6.07) is 6.92. The Kier molecular flexibility index (Phi) is 3.94. The molecular weight excluding hydrogens is 244 g/mol. The van der Waals surface area contributed by atoms with Crippen LogP contribution in [0.2, 0.25) is 0 Å². The predicted molar refractivity (Wildman–Crippen MR) is 72.9 cm³/mol. The van der Waals surface area contributed by atoms with Crippen LogP contribution in [-0.4, -0.2) is 21.7 Å². The molecule has 1 heterocycles. The van der Waals surface area contributed by atoms with Crippen molar-refractivity contribution in [3.05, 3.63) is 46.1 Å². The van der Waals surface area contributed by atoms with Gasteiger partial charge < -0.3 is 4.98 Å². The number of benzene rings is 1. The fraction of sp³-hybridized carbons (Fsp3) is 0.357. The van der Waals surface area contributed by atoms with E-state index in [1.165, 1.54) is 0 Å². The monoisotopic (exact) mass is 260 g/mol. The van der Waals surface area contributed by atoms with Gasteiger partial charge in [0, 0.05) is 46.8 Å². The van der Waals surface area contributed by atoms with Crippen molar-refractivity contribution in [3.63, 3.8) is 0 Å². The molecule has 19 heavy (non-hydrogen) atoms. The number of nitro groups is 1. The number of nitrogens with one attached hydrogen (secondary N) is 1. The van der Waals surface area contributed by atoms with Gasteiger partial charge in [-0.3, -0.25) is 14.9 Å². The van der Waals surface area contributed by atoms with E-state index in [9.17, 15) is 14.9 Å². The SMILES string of the molecule is CC[C@H](CCC(=O)c1c[nH]c2ccccc12)[N+](=O)[O-]. The maximum atomic E-state index is 12.1. The Balaban J connectivity index is 2.10. The molecule has 1 aromatic heterocycles. The van der Waals surface area contributed by atoms with Crippen LogP contribution in [0.1, 0.15) is 36.5 Å². The van der Waals surface area contributed by atoms with Crippen LogP contribution in [0.15, 0.2) is 30.5 Å². The van der Waals surface area contributed by atoms with Gasteiger partial charge >= 0.3 is 0 Å². The highest BCUT2D eigenvalue weighted by Gasteiger charge is 2.20. The Labute approximate surface area is 110 Å². The van der Waals surface area contributed by atoms with Crippen molar-refractivity contribution in [2.24, 2.45) is 0 Å². The topological polar surface area (TPSA) is 76.0 Å². The van der Waals surface area contributed by atoms with Crippen LogP contribution < -0.4 is 0 Å². The summed E-state index contributed by atoms with van der Waals surface area (Å²) in [6.07, 6.45) is 2.64. The van der Waals surface area contributed by atoms with Gasteiger partial charge in [-0.1, -0.05) is 25.1 Å². The number of aromatic amines is 1. The second-order valence-electron chi connectivity index (χ2n) is 4.56. The number of hydrogen-bond donors (Lipinski definition) is 1. The number of fused-ring (bicyclic) bond motifs is 1. The van der Waals surface area contributed by atoms with E-state index >= 15 is 0 Å². The molecule has 5 heteroatoms. The summed E-state index contributed by atoms with van der Waals surface area (Å²) < 4.78 is 0. The summed E-state index contributed by atoms with van der Waals surface area (Å²) in [5, 5.41) is 11.6. The van der Waals surface area contributed by atoms with E-state index in [0.717, 1.165) is 10.9 Å². The van der Waals surface area contributed by atoms with Gasteiger partial charge in [0.25, 0.3) is 0 Å². The van der Waals surface area contributed by atoms with E-state index in [1.807, 2.05) is 24.3 Å². The summed E-state index contributed by atoms with van der Waals surface area (Å²) >= 11 is 0. The number of Topliss-reactive ketones (excluding diaryl/α,β-unsaturated/α-hetero) is 1. The maximum absolute atomic E-state index is 12.1. The Hall–Kier alpha value is -2.17. The van der Waals surface area contributed by atoms with Crippen LogP contribution in [0.4, 0.5) is 0 Å². The third-order valence-corrected chi connectivity index (χ3v) is 3.36. The molecule has 0 fully saturated rings. The molecule has 0 aliphatic carbocycles. The van der Waals surface area contributed by atoms with Gasteiger partial charge in [-0.25, -0.2) is 0 Å². The molecule has 1 aromatic carbocycles. The Morgan fingerprint density at radius 2 is 2.16 bits per heavy atom. The normalized spacial score (nSPS) is 12.5. The highest BCUT2D eigenvalue weighted by atomic mass is 16.6. The Morgan fingerprint density at radius 3 is 2.84 bits per heavy atom. The lowest BCUT2D eigenvalue weighted by Crippen LogP contribution is -2.19. The van der Waals surface area contributed by atoms with Gasteiger partial charge in [-0.2, -0.15) is 0 Å². The van der Waals surface area contributed by atoms with E-state index in [4.69, 9.17) is 0 Å². The molecule has 0 unspecified atom stereocenters. The van der Waals surface area contributed by atoms with Gasteiger partial charge in [0.05, 0.1) is 0 Å². The van der Waals surface area contributed by atoms with Crippen molar-refractivity contribution in [1.82, 2.24) is 4.98 Å². The van der Waals surface area contributed by atoms with Crippen LogP contribution in [0.25, 0.3) is 10.9 Å². The fourth-order valence-corrected chi connectivity index (χ4v) is 2.19. The van der Waals surface area contributed by atoms with Crippen molar-refractivity contribution in [2.45, 2.75) is 32.2 Å². The van der Waals surface area contributed by atoms with Gasteiger partial charge in [-0.05, 0) is 6.07 Å². The van der Waals surface area contributed by atoms with Gasteiger partial charge in [0.1, 0.15) is 0 Å². The smallest absolute Gasteiger partial charge is 0.213 e. The molecule has 100 valence electrons. The van der Waals surface area contributed by atoms with E-state index in [-0.39, 0.29) is 17.1 Å². The first-order chi connectivity index (χ1) is 9.13. The molecule has 5 nitrogen and oxygen atoms in total. The van der Waals surface area contributed by atoms with E-state index in [2.05, 4.69) is 4.98 Å². The zero-order valence-electron chi connectivity index (χ0n) is 10.8. The number of aromatic nitrogens is 1. The van der Waals surface area contributed by atoms with Crippen LogP contribution in [0.3, 0.4) is 0 Å². The lowest BCUT2D eigenvalue weighted by atomic mass is 10.0. The van der Waals surface area contributed by atoms with Crippen molar-refractivity contribution in [2.75, 3.05) is 0 Å². The standard InChI is InChI=1S/C14H16N2O3/c1-2-10(16(18)19)7-8-14(17)12-9-15-13-6-4-3-5-11(12)13/h3-6,9-10,15H,2,7-8H2,1H3/t10-/m1/s1. The Morgan fingerprint density at radius 1 is 1.42 bits per heavy atom. The molecule has 0 spiro atoms. The third kappa shape index (κ3) is 2.81. The maximum Gasteiger partial charge on any atom is 0.213 e. The zero-order chi connectivity index (χ0) is 13.8. The zero-order valence-corrected chi connectivity index (χ0v) is 10.8. The number of hydrogen-bond acceptors (Lipinski definition) is 3. The van der Waals surface area contributed by atoms with Crippen LogP contribution in [-0.2, 0) is 0 Å². The summed E-state index contributed by atoms with van der Waals surface area (Å²) in [5.41, 5.74) is 1.53. The fourth-order valence-electron chi connectivity index (χ4n) is 2.19. The minimum absolute atomic E-state index is 0.0437. The lowest BCUT2D eigenvalue weighted by molar-refractivity contribution is -0.523. The first-order valence-electron chi connectivity index (χ1n) is 6.36. The van der Waals surface area contributed by atoms with Gasteiger partial charge in [0.15, 0.2) is 5.78 Å².